The summed E-state index contributed by atoms with van der Waals surface area (Å²) in [6.45, 7) is 4.26. The molecule has 0 aliphatic carbocycles. The lowest BCUT2D eigenvalue weighted by atomic mass is 9.95. The second-order valence-electron chi connectivity index (χ2n) is 4.94. The molecule has 0 aromatic rings. The molecule has 9 heteroatoms. The van der Waals surface area contributed by atoms with Crippen molar-refractivity contribution in [2.24, 2.45) is 5.41 Å². The van der Waals surface area contributed by atoms with Crippen LogP contribution in [0, 0.1) is 5.41 Å². The smallest absolute Gasteiger partial charge is 0.425 e. The Kier molecular flexibility index (Phi) is 5.95. The summed E-state index contributed by atoms with van der Waals surface area (Å²) in [6.07, 6.45) is -5.21. The molecule has 0 aromatic heterocycles. The Bertz CT molecular complexity index is 474. The molecule has 1 amide bonds. The van der Waals surface area contributed by atoms with E-state index in [0.717, 1.165) is 7.11 Å². The number of esters is 2. The van der Waals surface area contributed by atoms with E-state index in [-0.39, 0.29) is 0 Å². The molecule has 0 aliphatic heterocycles. The molecule has 0 saturated carbocycles. The first-order chi connectivity index (χ1) is 9.36. The molecular formula is C12H16F3NO5. The Morgan fingerprint density at radius 2 is 1.33 bits per heavy atom. The fourth-order valence-electron chi connectivity index (χ4n) is 1.08. The molecular weight excluding hydrogens is 295 g/mol. The normalized spacial score (nSPS) is 13.1. The van der Waals surface area contributed by atoms with E-state index in [1.54, 1.807) is 5.32 Å². The lowest BCUT2D eigenvalue weighted by Crippen LogP contribution is -2.40. The minimum absolute atomic E-state index is 0.717. The number of methoxy groups -OCH3 is 2. The zero-order valence-electron chi connectivity index (χ0n) is 12.2. The number of hydrogen-bond donors (Lipinski definition) is 1. The molecule has 0 saturated heterocycles. The fraction of sp³-hybridized carbons (Fsp3) is 0.583. The van der Waals surface area contributed by atoms with E-state index in [2.05, 4.69) is 9.47 Å². The van der Waals surface area contributed by atoms with Crippen LogP contribution in [0.4, 0.5) is 13.2 Å². The molecule has 0 heterocycles. The number of hydrogen-bond acceptors (Lipinski definition) is 5. The van der Waals surface area contributed by atoms with Gasteiger partial charge in [-0.3, -0.25) is 4.79 Å². The maximum absolute atomic E-state index is 12.9. The second kappa shape index (κ2) is 6.59. The lowest BCUT2D eigenvalue weighted by Gasteiger charge is -2.20. The van der Waals surface area contributed by atoms with Crippen molar-refractivity contribution >= 4 is 17.8 Å². The maximum Gasteiger partial charge on any atom is 0.425 e. The molecule has 0 bridgehead atoms. The van der Waals surface area contributed by atoms with E-state index in [9.17, 15) is 27.6 Å². The highest BCUT2D eigenvalue weighted by molar-refractivity contribution is 6.04. The van der Waals surface area contributed by atoms with Crippen LogP contribution in [0.25, 0.3) is 0 Å². The van der Waals surface area contributed by atoms with Crippen LogP contribution < -0.4 is 5.32 Å². The molecule has 0 aliphatic rings. The minimum atomic E-state index is -5.21. The fourth-order valence-corrected chi connectivity index (χ4v) is 1.08. The molecule has 0 radical (unpaired) electrons. The van der Waals surface area contributed by atoms with Gasteiger partial charge in [0.05, 0.1) is 14.2 Å². The van der Waals surface area contributed by atoms with E-state index in [1.807, 2.05) is 0 Å². The van der Waals surface area contributed by atoms with Crippen LogP contribution >= 0.6 is 0 Å². The zero-order valence-corrected chi connectivity index (χ0v) is 12.2. The van der Waals surface area contributed by atoms with Gasteiger partial charge in [0.25, 0.3) is 0 Å². The summed E-state index contributed by atoms with van der Waals surface area (Å²) in [5.74, 6) is -4.21. The SMILES string of the molecule is COC(=O)C(NC(=O)C(C)(C)C)=C(C(=O)OC)C(F)(F)F. The van der Waals surface area contributed by atoms with Gasteiger partial charge in [0.1, 0.15) is 5.70 Å². The molecule has 0 unspecified atom stereocenters. The van der Waals surface area contributed by atoms with Crippen molar-refractivity contribution in [2.45, 2.75) is 26.9 Å². The third-order valence-electron chi connectivity index (χ3n) is 2.23. The zero-order chi connectivity index (χ0) is 17.0. The van der Waals surface area contributed by atoms with Crippen molar-refractivity contribution in [3.8, 4) is 0 Å². The Hall–Kier alpha value is -2.06. The van der Waals surface area contributed by atoms with Gasteiger partial charge in [0, 0.05) is 5.41 Å². The first-order valence-electron chi connectivity index (χ1n) is 5.65. The van der Waals surface area contributed by atoms with Crippen LogP contribution in [-0.2, 0) is 23.9 Å². The van der Waals surface area contributed by atoms with Crippen molar-refractivity contribution in [3.63, 3.8) is 0 Å². The molecule has 120 valence electrons. The topological polar surface area (TPSA) is 81.7 Å². The van der Waals surface area contributed by atoms with Gasteiger partial charge in [0.2, 0.25) is 5.91 Å². The molecule has 0 spiro atoms. The lowest BCUT2D eigenvalue weighted by molar-refractivity contribution is -0.151. The van der Waals surface area contributed by atoms with Crippen LogP contribution in [0.1, 0.15) is 20.8 Å². The number of halogens is 3. The number of carbonyl (C=O) groups excluding carboxylic acids is 3. The highest BCUT2D eigenvalue weighted by Crippen LogP contribution is 2.29. The maximum atomic E-state index is 12.9. The van der Waals surface area contributed by atoms with Gasteiger partial charge in [0.15, 0.2) is 5.57 Å². The molecule has 0 aromatic carbocycles. The van der Waals surface area contributed by atoms with Gasteiger partial charge in [-0.25, -0.2) is 9.59 Å². The summed E-state index contributed by atoms with van der Waals surface area (Å²) < 4.78 is 47.0. The van der Waals surface area contributed by atoms with Crippen molar-refractivity contribution in [1.29, 1.82) is 0 Å². The summed E-state index contributed by atoms with van der Waals surface area (Å²) >= 11 is 0. The number of amides is 1. The first kappa shape index (κ1) is 18.9. The average Bonchev–Trinajstić information content (AvgIpc) is 2.33. The van der Waals surface area contributed by atoms with Gasteiger partial charge in [-0.1, -0.05) is 20.8 Å². The van der Waals surface area contributed by atoms with Gasteiger partial charge in [-0.15, -0.1) is 0 Å². The summed E-state index contributed by atoms with van der Waals surface area (Å²) in [7, 11) is 1.53. The molecule has 0 rings (SSSR count). The van der Waals surface area contributed by atoms with Crippen molar-refractivity contribution in [2.75, 3.05) is 14.2 Å². The van der Waals surface area contributed by atoms with Gasteiger partial charge in [-0.2, -0.15) is 13.2 Å². The summed E-state index contributed by atoms with van der Waals surface area (Å²) in [5.41, 5.74) is -4.34. The van der Waals surface area contributed by atoms with Gasteiger partial charge < -0.3 is 14.8 Å². The number of rotatable bonds is 3. The van der Waals surface area contributed by atoms with E-state index < -0.39 is 40.7 Å². The third kappa shape index (κ3) is 5.09. The van der Waals surface area contributed by atoms with E-state index >= 15 is 0 Å². The molecule has 6 nitrogen and oxygen atoms in total. The molecule has 21 heavy (non-hydrogen) atoms. The summed E-state index contributed by atoms with van der Waals surface area (Å²) in [4.78, 5) is 34.5. The van der Waals surface area contributed by atoms with Crippen LogP contribution in [0.15, 0.2) is 11.3 Å². The molecule has 0 atom stereocenters. The van der Waals surface area contributed by atoms with Gasteiger partial charge >= 0.3 is 18.1 Å². The molecule has 0 fully saturated rings. The Balaban J connectivity index is 6.07. The predicted molar refractivity (Wildman–Crippen MR) is 64.7 cm³/mol. The van der Waals surface area contributed by atoms with Gasteiger partial charge in [-0.05, 0) is 0 Å². The van der Waals surface area contributed by atoms with Crippen LogP contribution in [0.2, 0.25) is 0 Å². The standard InChI is InChI=1S/C12H16F3NO5/c1-11(2,3)10(19)16-7(9(18)21-5)6(8(17)20-4)12(13,14)15/h1-5H3,(H,16,19). The Labute approximate surface area is 119 Å². The summed E-state index contributed by atoms with van der Waals surface area (Å²) in [5, 5.41) is 1.77. The Morgan fingerprint density at radius 3 is 1.62 bits per heavy atom. The van der Waals surface area contributed by atoms with Crippen molar-refractivity contribution in [3.05, 3.63) is 11.3 Å². The highest BCUT2D eigenvalue weighted by Gasteiger charge is 2.45. The van der Waals surface area contributed by atoms with E-state index in [4.69, 9.17) is 0 Å². The quantitative estimate of drug-likeness (QED) is 0.628. The highest BCUT2D eigenvalue weighted by atomic mass is 19.4. The van der Waals surface area contributed by atoms with Crippen LogP contribution in [-0.4, -0.2) is 38.2 Å². The summed E-state index contributed by atoms with van der Waals surface area (Å²) in [6, 6.07) is 0. The monoisotopic (exact) mass is 311 g/mol. The largest absolute Gasteiger partial charge is 0.465 e. The number of ether oxygens (including phenoxy) is 2. The van der Waals surface area contributed by atoms with Crippen LogP contribution in [0.3, 0.4) is 0 Å². The van der Waals surface area contributed by atoms with Crippen molar-refractivity contribution in [1.82, 2.24) is 5.32 Å². The van der Waals surface area contributed by atoms with Crippen molar-refractivity contribution < 1.29 is 37.0 Å². The number of nitrogens with one attached hydrogen (secondary N) is 1. The molecule has 1 N–H and O–H groups in total. The predicted octanol–water partition coefficient (Wildman–Crippen LogP) is 1.31. The number of alkyl halides is 3. The van der Waals surface area contributed by atoms with E-state index in [1.165, 1.54) is 20.8 Å². The van der Waals surface area contributed by atoms with Crippen LogP contribution in [0.5, 0.6) is 0 Å². The Morgan fingerprint density at radius 1 is 0.905 bits per heavy atom. The number of carbonyl (C=O) groups is 3. The van der Waals surface area contributed by atoms with E-state index in [0.29, 0.717) is 7.11 Å². The third-order valence-corrected chi connectivity index (χ3v) is 2.23. The second-order valence-corrected chi connectivity index (χ2v) is 4.94. The average molecular weight is 311 g/mol. The first-order valence-corrected chi connectivity index (χ1v) is 5.65. The minimum Gasteiger partial charge on any atom is -0.465 e.